The number of carbonyl (C=O) groups is 2. The lowest BCUT2D eigenvalue weighted by Crippen LogP contribution is -2.42. The van der Waals surface area contributed by atoms with Crippen molar-refractivity contribution in [3.8, 4) is 0 Å². The van der Waals surface area contributed by atoms with Crippen LogP contribution in [0.25, 0.3) is 0 Å². The maximum Gasteiger partial charge on any atom is 0.313 e. The first-order valence-corrected chi connectivity index (χ1v) is 9.61. The highest BCUT2D eigenvalue weighted by Gasteiger charge is 2.58. The minimum atomic E-state index is -0.863. The van der Waals surface area contributed by atoms with Gasteiger partial charge in [0.15, 0.2) is 0 Å². The van der Waals surface area contributed by atoms with Crippen molar-refractivity contribution in [3.05, 3.63) is 29.8 Å². The normalized spacial score (nSPS) is 26.0. The molecule has 0 aromatic heterocycles. The van der Waals surface area contributed by atoms with Crippen molar-refractivity contribution in [2.45, 2.75) is 4.90 Å². The fourth-order valence-corrected chi connectivity index (χ4v) is 4.60. The number of amides is 1. The third kappa shape index (κ3) is 3.28. The number of hydrogen-bond acceptors (Lipinski definition) is 5. The van der Waals surface area contributed by atoms with Crippen LogP contribution in [0.4, 0.5) is 0 Å². The molecule has 6 nitrogen and oxygen atoms in total. The Bertz CT molecular complexity index is 668. The minimum Gasteiger partial charge on any atom is -0.481 e. The molecule has 136 valence electrons. The van der Waals surface area contributed by atoms with Gasteiger partial charge in [-0.1, -0.05) is 12.1 Å². The molecule has 2 atom stereocenters. The van der Waals surface area contributed by atoms with Crippen molar-refractivity contribution in [2.75, 3.05) is 52.7 Å². The number of fused-ring (bicyclic) bond motifs is 1. The lowest BCUT2D eigenvalue weighted by molar-refractivity contribution is -0.148. The van der Waals surface area contributed by atoms with E-state index in [-0.39, 0.29) is 18.4 Å². The molecule has 3 rings (SSSR count). The fourth-order valence-electron chi connectivity index (χ4n) is 4.01. The summed E-state index contributed by atoms with van der Waals surface area (Å²) >= 11 is 1.53. The summed E-state index contributed by atoms with van der Waals surface area (Å²) in [7, 11) is 1.65. The molecule has 1 N–H and O–H groups in total. The summed E-state index contributed by atoms with van der Waals surface area (Å²) in [5.41, 5.74) is -0.204. The highest BCUT2D eigenvalue weighted by molar-refractivity contribution is 7.98. The Hall–Kier alpha value is -1.57. The standard InChI is InChI=1S/C18H24N2O4S/c1-24-8-7-19-9-13-10-20(12-18(13,11-19)17(22)23)16(21)14-5-3-4-6-15(14)25-2/h3-6,13H,7-12H2,1-2H3,(H,22,23)/t13-,18-/m1/s1. The number of carboxylic acid groups (broad SMARTS) is 1. The number of benzene rings is 1. The van der Waals surface area contributed by atoms with E-state index in [1.807, 2.05) is 30.5 Å². The third-order valence-corrected chi connectivity index (χ3v) is 6.14. The monoisotopic (exact) mass is 364 g/mol. The minimum absolute atomic E-state index is 0.0350. The van der Waals surface area contributed by atoms with Crippen LogP contribution in [0.3, 0.4) is 0 Å². The number of methoxy groups -OCH3 is 1. The number of ether oxygens (including phenoxy) is 1. The van der Waals surface area contributed by atoms with Gasteiger partial charge < -0.3 is 14.7 Å². The molecule has 1 amide bonds. The van der Waals surface area contributed by atoms with E-state index < -0.39 is 11.4 Å². The van der Waals surface area contributed by atoms with Crippen LogP contribution < -0.4 is 0 Å². The number of likely N-dealkylation sites (tertiary alicyclic amines) is 2. The summed E-state index contributed by atoms with van der Waals surface area (Å²) in [5.74, 6) is -0.901. The van der Waals surface area contributed by atoms with E-state index in [9.17, 15) is 14.7 Å². The van der Waals surface area contributed by atoms with Gasteiger partial charge in [0.2, 0.25) is 0 Å². The molecule has 1 aromatic rings. The van der Waals surface area contributed by atoms with Gasteiger partial charge in [0, 0.05) is 50.6 Å². The number of thioether (sulfide) groups is 1. The Balaban J connectivity index is 1.78. The van der Waals surface area contributed by atoms with E-state index in [1.54, 1.807) is 12.0 Å². The summed E-state index contributed by atoms with van der Waals surface area (Å²) in [6, 6.07) is 7.51. The molecule has 2 aliphatic heterocycles. The van der Waals surface area contributed by atoms with Gasteiger partial charge in [-0.05, 0) is 18.4 Å². The maximum absolute atomic E-state index is 13.0. The molecule has 0 radical (unpaired) electrons. The van der Waals surface area contributed by atoms with Gasteiger partial charge in [0.25, 0.3) is 5.91 Å². The van der Waals surface area contributed by atoms with Crippen LogP contribution in [0.15, 0.2) is 29.2 Å². The average Bonchev–Trinajstić information content (AvgIpc) is 3.14. The van der Waals surface area contributed by atoms with Gasteiger partial charge in [-0.15, -0.1) is 11.8 Å². The summed E-state index contributed by atoms with van der Waals surface area (Å²) in [4.78, 5) is 29.8. The summed E-state index contributed by atoms with van der Waals surface area (Å²) < 4.78 is 5.11. The molecule has 0 aliphatic carbocycles. The topological polar surface area (TPSA) is 70.1 Å². The van der Waals surface area contributed by atoms with Crippen molar-refractivity contribution in [2.24, 2.45) is 11.3 Å². The highest BCUT2D eigenvalue weighted by atomic mass is 32.2. The fraction of sp³-hybridized carbons (Fsp3) is 0.556. The van der Waals surface area contributed by atoms with E-state index in [0.29, 0.717) is 31.8 Å². The second-order valence-electron chi connectivity index (χ2n) is 6.77. The molecule has 7 heteroatoms. The molecule has 2 fully saturated rings. The molecular weight excluding hydrogens is 340 g/mol. The zero-order valence-electron chi connectivity index (χ0n) is 14.6. The Labute approximate surface area is 152 Å². The van der Waals surface area contributed by atoms with Crippen LogP contribution in [0.5, 0.6) is 0 Å². The molecule has 0 spiro atoms. The van der Waals surface area contributed by atoms with Crippen molar-refractivity contribution >= 4 is 23.6 Å². The predicted octanol–water partition coefficient (Wildman–Crippen LogP) is 1.51. The number of nitrogens with zero attached hydrogens (tertiary/aromatic N) is 2. The lowest BCUT2D eigenvalue weighted by Gasteiger charge is -2.25. The second kappa shape index (κ2) is 7.35. The molecule has 1 aromatic carbocycles. The lowest BCUT2D eigenvalue weighted by atomic mass is 9.81. The Morgan fingerprint density at radius 3 is 2.72 bits per heavy atom. The summed E-state index contributed by atoms with van der Waals surface area (Å²) in [5, 5.41) is 9.89. The van der Waals surface area contributed by atoms with Crippen LogP contribution in [0, 0.1) is 11.3 Å². The Morgan fingerprint density at radius 2 is 2.08 bits per heavy atom. The first-order valence-electron chi connectivity index (χ1n) is 8.39. The number of rotatable bonds is 6. The van der Waals surface area contributed by atoms with Crippen LogP contribution in [0.2, 0.25) is 0 Å². The average molecular weight is 364 g/mol. The van der Waals surface area contributed by atoms with E-state index in [1.165, 1.54) is 11.8 Å². The first kappa shape index (κ1) is 18.2. The molecule has 0 unspecified atom stereocenters. The Kier molecular flexibility index (Phi) is 5.36. The van der Waals surface area contributed by atoms with Crippen molar-refractivity contribution in [1.82, 2.24) is 9.80 Å². The molecular formula is C18H24N2O4S. The quantitative estimate of drug-likeness (QED) is 0.772. The van der Waals surface area contributed by atoms with Crippen LogP contribution in [0.1, 0.15) is 10.4 Å². The smallest absolute Gasteiger partial charge is 0.313 e. The first-order chi connectivity index (χ1) is 12.0. The molecule has 0 bridgehead atoms. The van der Waals surface area contributed by atoms with Crippen molar-refractivity contribution in [1.29, 1.82) is 0 Å². The van der Waals surface area contributed by atoms with E-state index in [4.69, 9.17) is 4.74 Å². The van der Waals surface area contributed by atoms with Gasteiger partial charge in [0.05, 0.1) is 12.2 Å². The van der Waals surface area contributed by atoms with Crippen molar-refractivity contribution in [3.63, 3.8) is 0 Å². The van der Waals surface area contributed by atoms with E-state index in [2.05, 4.69) is 4.90 Å². The summed E-state index contributed by atoms with van der Waals surface area (Å²) in [6.45, 7) is 3.26. The Morgan fingerprint density at radius 1 is 1.32 bits per heavy atom. The molecule has 25 heavy (non-hydrogen) atoms. The molecule has 2 aliphatic rings. The zero-order chi connectivity index (χ0) is 18.0. The van der Waals surface area contributed by atoms with Gasteiger partial charge in [-0.2, -0.15) is 0 Å². The number of carbonyl (C=O) groups excluding carboxylic acids is 1. The van der Waals surface area contributed by atoms with Gasteiger partial charge >= 0.3 is 5.97 Å². The number of hydrogen-bond donors (Lipinski definition) is 1. The third-order valence-electron chi connectivity index (χ3n) is 5.34. The maximum atomic E-state index is 13.0. The second-order valence-corrected chi connectivity index (χ2v) is 7.62. The van der Waals surface area contributed by atoms with Gasteiger partial charge in [-0.25, -0.2) is 0 Å². The molecule has 2 heterocycles. The van der Waals surface area contributed by atoms with Crippen LogP contribution >= 0.6 is 11.8 Å². The largest absolute Gasteiger partial charge is 0.481 e. The highest BCUT2D eigenvalue weighted by Crippen LogP contribution is 2.43. The summed E-state index contributed by atoms with van der Waals surface area (Å²) in [6.07, 6.45) is 1.94. The number of aliphatic carboxylic acids is 1. The number of carboxylic acids is 1. The van der Waals surface area contributed by atoms with Gasteiger partial charge in [0.1, 0.15) is 5.41 Å². The predicted molar refractivity (Wildman–Crippen MR) is 96.0 cm³/mol. The van der Waals surface area contributed by atoms with Gasteiger partial charge in [-0.3, -0.25) is 14.5 Å². The molecule has 0 saturated carbocycles. The van der Waals surface area contributed by atoms with Crippen LogP contribution in [-0.4, -0.2) is 79.5 Å². The molecule has 2 saturated heterocycles. The van der Waals surface area contributed by atoms with E-state index in [0.717, 1.165) is 11.4 Å². The van der Waals surface area contributed by atoms with E-state index >= 15 is 0 Å². The SMILES string of the molecule is COCCN1C[C@@H]2CN(C(=O)c3ccccc3SC)C[C@]2(C(=O)O)C1. The van der Waals surface area contributed by atoms with Crippen LogP contribution in [-0.2, 0) is 9.53 Å². The zero-order valence-corrected chi connectivity index (χ0v) is 15.4. The van der Waals surface area contributed by atoms with Crippen molar-refractivity contribution < 1.29 is 19.4 Å².